The highest BCUT2D eigenvalue weighted by atomic mass is 16.5. The number of ether oxygens (including phenoxy) is 1. The summed E-state index contributed by atoms with van der Waals surface area (Å²) < 4.78 is 7.17. The van der Waals surface area contributed by atoms with Crippen molar-refractivity contribution < 1.29 is 9.53 Å². The molecule has 0 aliphatic carbocycles. The first kappa shape index (κ1) is 10.2. The summed E-state index contributed by atoms with van der Waals surface area (Å²) in [7, 11) is 1.96. The standard InChI is InChI=1S/C11H16N2O2/c1-12-3-2-10(9-12)8-11(14)13-4-6-15-7-5-13/h2-3,9H,4-8H2,1H3. The largest absolute Gasteiger partial charge is 0.378 e. The van der Waals surface area contributed by atoms with Gasteiger partial charge in [-0.3, -0.25) is 4.79 Å². The Morgan fingerprint density at radius 2 is 2.20 bits per heavy atom. The van der Waals surface area contributed by atoms with Crippen molar-refractivity contribution in [3.63, 3.8) is 0 Å². The summed E-state index contributed by atoms with van der Waals surface area (Å²) in [5, 5.41) is 0. The summed E-state index contributed by atoms with van der Waals surface area (Å²) in [6.45, 7) is 2.79. The van der Waals surface area contributed by atoms with Gasteiger partial charge in [0.2, 0.25) is 5.91 Å². The number of hydrogen-bond acceptors (Lipinski definition) is 2. The molecule has 0 unspecified atom stereocenters. The van der Waals surface area contributed by atoms with Crippen LogP contribution in [-0.2, 0) is 23.0 Å². The number of amides is 1. The number of carbonyl (C=O) groups is 1. The van der Waals surface area contributed by atoms with E-state index in [0.29, 0.717) is 19.6 Å². The first-order valence-electron chi connectivity index (χ1n) is 5.22. The number of aromatic nitrogens is 1. The van der Waals surface area contributed by atoms with Crippen LogP contribution in [0.4, 0.5) is 0 Å². The Kier molecular flexibility index (Phi) is 3.06. The molecule has 0 N–H and O–H groups in total. The van der Waals surface area contributed by atoms with Crippen LogP contribution >= 0.6 is 0 Å². The molecule has 1 aliphatic heterocycles. The minimum absolute atomic E-state index is 0.199. The van der Waals surface area contributed by atoms with E-state index in [4.69, 9.17) is 4.74 Å². The topological polar surface area (TPSA) is 34.5 Å². The van der Waals surface area contributed by atoms with Gasteiger partial charge in [0.15, 0.2) is 0 Å². The van der Waals surface area contributed by atoms with Crippen molar-refractivity contribution in [1.82, 2.24) is 9.47 Å². The van der Waals surface area contributed by atoms with E-state index in [0.717, 1.165) is 18.7 Å². The van der Waals surface area contributed by atoms with Crippen LogP contribution in [0.25, 0.3) is 0 Å². The van der Waals surface area contributed by atoms with Crippen molar-refractivity contribution in [2.45, 2.75) is 6.42 Å². The minimum Gasteiger partial charge on any atom is -0.378 e. The third-order valence-corrected chi connectivity index (χ3v) is 2.61. The molecule has 82 valence electrons. The molecule has 1 aromatic heterocycles. The molecule has 1 amide bonds. The Labute approximate surface area is 89.4 Å². The highest BCUT2D eigenvalue weighted by Gasteiger charge is 2.16. The first-order valence-corrected chi connectivity index (χ1v) is 5.22. The number of hydrogen-bond donors (Lipinski definition) is 0. The number of morpholine rings is 1. The summed E-state index contributed by atoms with van der Waals surface area (Å²) in [6, 6.07) is 1.98. The smallest absolute Gasteiger partial charge is 0.227 e. The Morgan fingerprint density at radius 3 is 2.80 bits per heavy atom. The molecule has 2 rings (SSSR count). The summed E-state index contributed by atoms with van der Waals surface area (Å²) >= 11 is 0. The van der Waals surface area contributed by atoms with Gasteiger partial charge in [-0.15, -0.1) is 0 Å². The zero-order chi connectivity index (χ0) is 10.7. The van der Waals surface area contributed by atoms with Crippen molar-refractivity contribution >= 4 is 5.91 Å². The van der Waals surface area contributed by atoms with Gasteiger partial charge in [0.05, 0.1) is 19.6 Å². The maximum Gasteiger partial charge on any atom is 0.227 e. The molecular formula is C11H16N2O2. The fraction of sp³-hybridized carbons (Fsp3) is 0.545. The van der Waals surface area contributed by atoms with E-state index in [-0.39, 0.29) is 5.91 Å². The fourth-order valence-electron chi connectivity index (χ4n) is 1.76. The van der Waals surface area contributed by atoms with Crippen molar-refractivity contribution in [3.05, 3.63) is 24.0 Å². The zero-order valence-corrected chi connectivity index (χ0v) is 8.98. The van der Waals surface area contributed by atoms with Gasteiger partial charge < -0.3 is 14.2 Å². The average Bonchev–Trinajstić information content (AvgIpc) is 2.65. The Balaban J connectivity index is 1.91. The molecular weight excluding hydrogens is 192 g/mol. The Hall–Kier alpha value is -1.29. The molecule has 0 radical (unpaired) electrons. The van der Waals surface area contributed by atoms with Crippen LogP contribution in [0, 0.1) is 0 Å². The van der Waals surface area contributed by atoms with Crippen LogP contribution in [0.2, 0.25) is 0 Å². The van der Waals surface area contributed by atoms with Crippen LogP contribution in [0.5, 0.6) is 0 Å². The van der Waals surface area contributed by atoms with Gasteiger partial charge in [0.25, 0.3) is 0 Å². The highest BCUT2D eigenvalue weighted by Crippen LogP contribution is 2.05. The summed E-state index contributed by atoms with van der Waals surface area (Å²) in [5.41, 5.74) is 1.08. The van der Waals surface area contributed by atoms with Gasteiger partial charge in [0, 0.05) is 32.5 Å². The second-order valence-corrected chi connectivity index (χ2v) is 3.86. The molecule has 1 aliphatic rings. The third kappa shape index (κ3) is 2.59. The number of nitrogens with zero attached hydrogens (tertiary/aromatic N) is 2. The van der Waals surface area contributed by atoms with Crippen LogP contribution in [0.15, 0.2) is 18.5 Å². The lowest BCUT2D eigenvalue weighted by Crippen LogP contribution is -2.41. The lowest BCUT2D eigenvalue weighted by atomic mass is 10.2. The second-order valence-electron chi connectivity index (χ2n) is 3.86. The number of aryl methyl sites for hydroxylation is 1. The quantitative estimate of drug-likeness (QED) is 0.706. The predicted octanol–water partition coefficient (Wildman–Crippen LogP) is 0.426. The van der Waals surface area contributed by atoms with Crippen LogP contribution in [-0.4, -0.2) is 41.7 Å². The minimum atomic E-state index is 0.199. The van der Waals surface area contributed by atoms with Crippen molar-refractivity contribution in [1.29, 1.82) is 0 Å². The van der Waals surface area contributed by atoms with E-state index in [1.165, 1.54) is 0 Å². The van der Waals surface area contributed by atoms with E-state index in [9.17, 15) is 4.79 Å². The van der Waals surface area contributed by atoms with Crippen molar-refractivity contribution in [3.8, 4) is 0 Å². The number of rotatable bonds is 2. The summed E-state index contributed by atoms with van der Waals surface area (Å²) in [5.74, 6) is 0.199. The monoisotopic (exact) mass is 208 g/mol. The van der Waals surface area contributed by atoms with Gasteiger partial charge in [-0.25, -0.2) is 0 Å². The molecule has 2 heterocycles. The molecule has 0 bridgehead atoms. The maximum absolute atomic E-state index is 11.8. The third-order valence-electron chi connectivity index (χ3n) is 2.61. The van der Waals surface area contributed by atoms with Gasteiger partial charge in [0.1, 0.15) is 0 Å². The zero-order valence-electron chi connectivity index (χ0n) is 8.98. The molecule has 1 fully saturated rings. The van der Waals surface area contributed by atoms with Gasteiger partial charge in [-0.2, -0.15) is 0 Å². The lowest BCUT2D eigenvalue weighted by molar-refractivity contribution is -0.134. The van der Waals surface area contributed by atoms with E-state index in [1.807, 2.05) is 35.0 Å². The molecule has 1 saturated heterocycles. The summed E-state index contributed by atoms with van der Waals surface area (Å²) in [4.78, 5) is 13.7. The fourth-order valence-corrected chi connectivity index (χ4v) is 1.76. The van der Waals surface area contributed by atoms with Gasteiger partial charge in [-0.1, -0.05) is 0 Å². The van der Waals surface area contributed by atoms with Crippen LogP contribution in [0.3, 0.4) is 0 Å². The first-order chi connectivity index (χ1) is 7.25. The van der Waals surface area contributed by atoms with E-state index < -0.39 is 0 Å². The van der Waals surface area contributed by atoms with Crippen molar-refractivity contribution in [2.75, 3.05) is 26.3 Å². The average molecular weight is 208 g/mol. The molecule has 4 heteroatoms. The van der Waals surface area contributed by atoms with E-state index >= 15 is 0 Å². The van der Waals surface area contributed by atoms with Crippen LogP contribution < -0.4 is 0 Å². The highest BCUT2D eigenvalue weighted by molar-refractivity contribution is 5.78. The van der Waals surface area contributed by atoms with E-state index in [1.54, 1.807) is 0 Å². The molecule has 0 aromatic carbocycles. The predicted molar refractivity (Wildman–Crippen MR) is 56.5 cm³/mol. The molecule has 0 saturated carbocycles. The van der Waals surface area contributed by atoms with Gasteiger partial charge in [-0.05, 0) is 11.6 Å². The van der Waals surface area contributed by atoms with E-state index in [2.05, 4.69) is 0 Å². The normalized spacial score (nSPS) is 16.7. The van der Waals surface area contributed by atoms with Crippen molar-refractivity contribution in [2.24, 2.45) is 7.05 Å². The lowest BCUT2D eigenvalue weighted by Gasteiger charge is -2.26. The molecule has 1 aromatic rings. The van der Waals surface area contributed by atoms with Gasteiger partial charge >= 0.3 is 0 Å². The molecule has 0 atom stereocenters. The maximum atomic E-state index is 11.8. The molecule has 15 heavy (non-hydrogen) atoms. The molecule has 0 spiro atoms. The SMILES string of the molecule is Cn1ccc(CC(=O)N2CCOCC2)c1. The summed E-state index contributed by atoms with van der Waals surface area (Å²) in [6.07, 6.45) is 4.45. The second kappa shape index (κ2) is 4.49. The number of carbonyl (C=O) groups excluding carboxylic acids is 1. The molecule has 4 nitrogen and oxygen atoms in total. The van der Waals surface area contributed by atoms with Crippen LogP contribution in [0.1, 0.15) is 5.56 Å². The Morgan fingerprint density at radius 1 is 1.47 bits per heavy atom. The Bertz CT molecular complexity index is 340.